The van der Waals surface area contributed by atoms with E-state index in [-0.39, 0.29) is 5.82 Å². The first-order valence-corrected chi connectivity index (χ1v) is 5.47. The molecule has 0 aliphatic carbocycles. The van der Waals surface area contributed by atoms with Crippen molar-refractivity contribution in [2.45, 2.75) is 24.1 Å². The molecule has 2 nitrogen and oxygen atoms in total. The highest BCUT2D eigenvalue weighted by atomic mass is 35.6. The Bertz CT molecular complexity index is 346. The van der Waals surface area contributed by atoms with Gasteiger partial charge in [-0.2, -0.15) is 0 Å². The zero-order valence-corrected chi connectivity index (χ0v) is 10.6. The number of alkyl halides is 3. The molecule has 0 aliphatic heterocycles. The van der Waals surface area contributed by atoms with Crippen LogP contribution < -0.4 is 0 Å². The van der Waals surface area contributed by atoms with E-state index in [9.17, 15) is 0 Å². The predicted octanol–water partition coefficient (Wildman–Crippen LogP) is 3.83. The van der Waals surface area contributed by atoms with Crippen LogP contribution in [0.3, 0.4) is 0 Å². The number of aromatic nitrogens is 2. The average molecular weight is 274 g/mol. The van der Waals surface area contributed by atoms with Crippen LogP contribution in [0.5, 0.6) is 0 Å². The molecule has 0 saturated heterocycles. The lowest BCUT2D eigenvalue weighted by molar-refractivity contribution is 0.887. The fourth-order valence-corrected chi connectivity index (χ4v) is 1.45. The van der Waals surface area contributed by atoms with Gasteiger partial charge in [0.15, 0.2) is 5.82 Å². The Hall–Kier alpha value is 0.240. The maximum Gasteiger partial charge on any atom is 0.250 e. The van der Waals surface area contributed by atoms with Crippen LogP contribution in [0, 0.1) is 6.92 Å². The monoisotopic (exact) mass is 272 g/mol. The highest BCUT2D eigenvalue weighted by Crippen LogP contribution is 2.36. The molecule has 0 bridgehead atoms. The molecule has 78 valence electrons. The smallest absolute Gasteiger partial charge is 0.233 e. The minimum Gasteiger partial charge on any atom is -0.233 e. The summed E-state index contributed by atoms with van der Waals surface area (Å²) in [5.74, 6) is 0.120. The normalized spacial score (nSPS) is 11.9. The van der Waals surface area contributed by atoms with E-state index >= 15 is 0 Å². The van der Waals surface area contributed by atoms with Gasteiger partial charge in [0.25, 0.3) is 0 Å². The third kappa shape index (κ3) is 2.63. The topological polar surface area (TPSA) is 25.8 Å². The maximum atomic E-state index is 5.88. The second-order valence-corrected chi connectivity index (χ2v) is 5.40. The van der Waals surface area contributed by atoms with Gasteiger partial charge in [0.2, 0.25) is 3.79 Å². The van der Waals surface area contributed by atoms with Crippen molar-refractivity contribution in [3.05, 3.63) is 22.2 Å². The minimum absolute atomic E-state index is 0.120. The van der Waals surface area contributed by atoms with Crippen molar-refractivity contribution in [1.29, 1.82) is 0 Å². The van der Waals surface area contributed by atoms with Crippen LogP contribution in [0.4, 0.5) is 0 Å². The first-order valence-electron chi connectivity index (χ1n) is 3.96. The lowest BCUT2D eigenvalue weighted by Gasteiger charge is -2.12. The summed E-state index contributed by atoms with van der Waals surface area (Å²) in [7, 11) is 0. The molecule has 0 amide bonds. The molecule has 0 aliphatic rings. The van der Waals surface area contributed by atoms with Crippen LogP contribution in [-0.4, -0.2) is 9.97 Å². The number of aryl methyl sites for hydroxylation is 1. The Morgan fingerprint density at radius 2 is 1.79 bits per heavy atom. The molecule has 1 aromatic heterocycles. The van der Waals surface area contributed by atoms with Gasteiger partial charge in [0.05, 0.1) is 0 Å². The van der Waals surface area contributed by atoms with Crippen LogP contribution in [0.1, 0.15) is 24.0 Å². The molecule has 1 heterocycles. The van der Waals surface area contributed by atoms with Crippen molar-refractivity contribution in [3.8, 4) is 0 Å². The van der Waals surface area contributed by atoms with E-state index in [1.807, 2.05) is 13.8 Å². The van der Waals surface area contributed by atoms with Crippen LogP contribution >= 0.6 is 46.4 Å². The van der Waals surface area contributed by atoms with E-state index in [4.69, 9.17) is 46.4 Å². The summed E-state index contributed by atoms with van der Waals surface area (Å²) in [6.07, 6.45) is 0.724. The predicted molar refractivity (Wildman–Crippen MR) is 60.4 cm³/mol. The van der Waals surface area contributed by atoms with E-state index in [2.05, 4.69) is 9.97 Å². The molecule has 0 saturated carbocycles. The van der Waals surface area contributed by atoms with Gasteiger partial charge in [-0.15, -0.1) is 0 Å². The average Bonchev–Trinajstić information content (AvgIpc) is 2.07. The standard InChI is InChI=1S/C8H8Cl4N2/c1-3-5-4(2)6(9)14-7(13-5)8(10,11)12/h3H2,1-2H3. The van der Waals surface area contributed by atoms with Crippen molar-refractivity contribution in [1.82, 2.24) is 9.97 Å². The fraction of sp³-hybridized carbons (Fsp3) is 0.500. The van der Waals surface area contributed by atoms with E-state index in [1.165, 1.54) is 0 Å². The zero-order valence-electron chi connectivity index (χ0n) is 7.61. The van der Waals surface area contributed by atoms with Gasteiger partial charge in [0, 0.05) is 11.3 Å². The lowest BCUT2D eigenvalue weighted by Crippen LogP contribution is -2.10. The quantitative estimate of drug-likeness (QED) is 0.574. The zero-order chi connectivity index (χ0) is 10.9. The second-order valence-electron chi connectivity index (χ2n) is 2.76. The van der Waals surface area contributed by atoms with E-state index < -0.39 is 3.79 Å². The molecule has 1 aromatic rings. The van der Waals surface area contributed by atoms with E-state index in [0.717, 1.165) is 17.7 Å². The van der Waals surface area contributed by atoms with Crippen LogP contribution in [-0.2, 0) is 10.2 Å². The van der Waals surface area contributed by atoms with Gasteiger partial charge >= 0.3 is 0 Å². The first kappa shape index (κ1) is 12.3. The van der Waals surface area contributed by atoms with E-state index in [1.54, 1.807) is 0 Å². The molecule has 1 rings (SSSR count). The molecule has 0 atom stereocenters. The summed E-state index contributed by atoms with van der Waals surface area (Å²) >= 11 is 22.9. The summed E-state index contributed by atoms with van der Waals surface area (Å²) in [5, 5.41) is 0.332. The van der Waals surface area contributed by atoms with Crippen molar-refractivity contribution in [2.24, 2.45) is 0 Å². The number of hydrogen-bond donors (Lipinski definition) is 0. The van der Waals surface area contributed by atoms with Gasteiger partial charge in [-0.25, -0.2) is 9.97 Å². The molecule has 0 radical (unpaired) electrons. The van der Waals surface area contributed by atoms with Crippen molar-refractivity contribution >= 4 is 46.4 Å². The number of nitrogens with zero attached hydrogens (tertiary/aromatic N) is 2. The Morgan fingerprint density at radius 3 is 2.21 bits per heavy atom. The van der Waals surface area contributed by atoms with Crippen molar-refractivity contribution in [3.63, 3.8) is 0 Å². The molecule has 0 spiro atoms. The number of hydrogen-bond acceptors (Lipinski definition) is 2. The first-order chi connectivity index (χ1) is 6.36. The van der Waals surface area contributed by atoms with Crippen LogP contribution in [0.2, 0.25) is 5.15 Å². The van der Waals surface area contributed by atoms with E-state index in [0.29, 0.717) is 5.15 Å². The largest absolute Gasteiger partial charge is 0.250 e. The molecule has 6 heteroatoms. The lowest BCUT2D eigenvalue weighted by atomic mass is 10.2. The highest BCUT2D eigenvalue weighted by Gasteiger charge is 2.28. The Morgan fingerprint density at radius 1 is 1.21 bits per heavy atom. The van der Waals surface area contributed by atoms with Crippen LogP contribution in [0.15, 0.2) is 0 Å². The summed E-state index contributed by atoms with van der Waals surface area (Å²) in [4.78, 5) is 8.04. The number of halogens is 4. The summed E-state index contributed by atoms with van der Waals surface area (Å²) in [5.41, 5.74) is 1.62. The third-order valence-electron chi connectivity index (χ3n) is 1.78. The molecule has 0 aromatic carbocycles. The molecule has 0 fully saturated rings. The summed E-state index contributed by atoms with van der Waals surface area (Å²) in [6.45, 7) is 3.79. The number of rotatable bonds is 1. The SMILES string of the molecule is CCc1nc(C(Cl)(Cl)Cl)nc(Cl)c1C. The van der Waals surface area contributed by atoms with Gasteiger partial charge in [-0.05, 0) is 13.3 Å². The van der Waals surface area contributed by atoms with Crippen molar-refractivity contribution in [2.75, 3.05) is 0 Å². The van der Waals surface area contributed by atoms with Gasteiger partial charge in [-0.1, -0.05) is 53.3 Å². The second kappa shape index (κ2) is 4.40. The summed E-state index contributed by atoms with van der Waals surface area (Å²) < 4.78 is -1.62. The molecule has 0 N–H and O–H groups in total. The Balaban J connectivity index is 3.30. The summed E-state index contributed by atoms with van der Waals surface area (Å²) in [6, 6.07) is 0. The molecule has 0 unspecified atom stereocenters. The van der Waals surface area contributed by atoms with Crippen LogP contribution in [0.25, 0.3) is 0 Å². The van der Waals surface area contributed by atoms with Crippen molar-refractivity contribution < 1.29 is 0 Å². The molecular formula is C8H8Cl4N2. The fourth-order valence-electron chi connectivity index (χ4n) is 1.00. The Kier molecular flexibility index (Phi) is 3.87. The Labute approximate surface area is 103 Å². The van der Waals surface area contributed by atoms with Gasteiger partial charge < -0.3 is 0 Å². The molecular weight excluding hydrogens is 266 g/mol. The van der Waals surface area contributed by atoms with Gasteiger partial charge in [0.1, 0.15) is 5.15 Å². The third-order valence-corrected chi connectivity index (χ3v) is 2.65. The van der Waals surface area contributed by atoms with Gasteiger partial charge in [-0.3, -0.25) is 0 Å². The molecule has 14 heavy (non-hydrogen) atoms. The highest BCUT2D eigenvalue weighted by molar-refractivity contribution is 6.66. The maximum absolute atomic E-state index is 5.88. The minimum atomic E-state index is -1.62.